The Bertz CT molecular complexity index is 355. The first kappa shape index (κ1) is 11.6. The molecule has 6 heteroatoms. The van der Waals surface area contributed by atoms with Crippen molar-refractivity contribution in [2.24, 2.45) is 0 Å². The summed E-state index contributed by atoms with van der Waals surface area (Å²) < 4.78 is 0. The second kappa shape index (κ2) is 5.38. The fourth-order valence-corrected chi connectivity index (χ4v) is 1.93. The van der Waals surface area contributed by atoms with E-state index in [0.29, 0.717) is 16.6 Å². The molecule has 2 N–H and O–H groups in total. The van der Waals surface area contributed by atoms with Gasteiger partial charge in [-0.15, -0.1) is 11.6 Å². The van der Waals surface area contributed by atoms with Crippen LogP contribution in [0.1, 0.15) is 5.69 Å². The normalized spacial score (nSPS) is 12.8. The van der Waals surface area contributed by atoms with E-state index >= 15 is 0 Å². The molecule has 1 atom stereocenters. The van der Waals surface area contributed by atoms with Gasteiger partial charge >= 0.3 is 0 Å². The van der Waals surface area contributed by atoms with Crippen molar-refractivity contribution in [1.29, 1.82) is 0 Å². The molecule has 0 amide bonds. The lowest BCUT2D eigenvalue weighted by molar-refractivity contribution is 0.223. The van der Waals surface area contributed by atoms with Gasteiger partial charge in [-0.05, 0) is 6.92 Å². The predicted octanol–water partition coefficient (Wildman–Crippen LogP) is 0.770. The van der Waals surface area contributed by atoms with E-state index in [1.807, 2.05) is 0 Å². The van der Waals surface area contributed by atoms with Crippen LogP contribution in [0.5, 0.6) is 0 Å². The number of rotatable bonds is 4. The smallest absolute Gasteiger partial charge is 0.251 e. The summed E-state index contributed by atoms with van der Waals surface area (Å²) in [6.07, 6.45) is -0.576. The fraction of sp³-hybridized carbons (Fsp3) is 0.500. The zero-order valence-electron chi connectivity index (χ0n) is 7.66. The average Bonchev–Trinajstić information content (AvgIpc) is 2.12. The Morgan fingerprint density at radius 3 is 3.07 bits per heavy atom. The first-order chi connectivity index (χ1) is 6.61. The SMILES string of the molecule is Cc1cc(=O)[nH]c(SCC(O)CCl)n1. The highest BCUT2D eigenvalue weighted by Crippen LogP contribution is 2.12. The van der Waals surface area contributed by atoms with Gasteiger partial charge < -0.3 is 10.1 Å². The number of halogens is 1. The third kappa shape index (κ3) is 3.69. The van der Waals surface area contributed by atoms with Crippen LogP contribution < -0.4 is 5.56 Å². The molecule has 4 nitrogen and oxygen atoms in total. The first-order valence-electron chi connectivity index (χ1n) is 4.06. The molecule has 0 spiro atoms. The second-order valence-corrected chi connectivity index (χ2v) is 4.13. The van der Waals surface area contributed by atoms with Crippen LogP contribution >= 0.6 is 23.4 Å². The van der Waals surface area contributed by atoms with Gasteiger partial charge in [-0.3, -0.25) is 4.79 Å². The summed E-state index contributed by atoms with van der Waals surface area (Å²) in [5, 5.41) is 9.70. The molecular weight excluding hydrogens is 224 g/mol. The minimum atomic E-state index is -0.576. The van der Waals surface area contributed by atoms with E-state index in [1.165, 1.54) is 17.8 Å². The number of nitrogens with one attached hydrogen (secondary N) is 1. The summed E-state index contributed by atoms with van der Waals surface area (Å²) in [7, 11) is 0. The number of thioether (sulfide) groups is 1. The molecule has 78 valence electrons. The molecule has 1 rings (SSSR count). The third-order valence-electron chi connectivity index (χ3n) is 1.44. The lowest BCUT2D eigenvalue weighted by Gasteiger charge is -2.05. The summed E-state index contributed by atoms with van der Waals surface area (Å²) in [6.45, 7) is 1.75. The summed E-state index contributed by atoms with van der Waals surface area (Å²) in [5.74, 6) is 0.610. The Morgan fingerprint density at radius 1 is 1.79 bits per heavy atom. The Kier molecular flexibility index (Phi) is 4.44. The molecule has 0 saturated carbocycles. The third-order valence-corrected chi connectivity index (χ3v) is 2.81. The van der Waals surface area contributed by atoms with Crippen LogP contribution in [-0.2, 0) is 0 Å². The van der Waals surface area contributed by atoms with Crippen LogP contribution in [0, 0.1) is 6.92 Å². The molecule has 1 aromatic rings. The van der Waals surface area contributed by atoms with E-state index < -0.39 is 6.10 Å². The molecule has 0 aliphatic heterocycles. The number of aryl methyl sites for hydroxylation is 1. The van der Waals surface area contributed by atoms with E-state index in [9.17, 15) is 9.90 Å². The first-order valence-corrected chi connectivity index (χ1v) is 5.58. The highest BCUT2D eigenvalue weighted by atomic mass is 35.5. The quantitative estimate of drug-likeness (QED) is 0.459. The van der Waals surface area contributed by atoms with Crippen molar-refractivity contribution < 1.29 is 5.11 Å². The molecular formula is C8H11ClN2O2S. The van der Waals surface area contributed by atoms with Gasteiger partial charge in [-0.2, -0.15) is 0 Å². The molecule has 1 heterocycles. The summed E-state index contributed by atoms with van der Waals surface area (Å²) in [4.78, 5) is 17.7. The lowest BCUT2D eigenvalue weighted by Crippen LogP contribution is -2.13. The number of aliphatic hydroxyl groups is 1. The van der Waals surface area contributed by atoms with Crippen LogP contribution in [0.4, 0.5) is 0 Å². The van der Waals surface area contributed by atoms with Crippen molar-refractivity contribution in [2.45, 2.75) is 18.2 Å². The molecule has 0 aromatic carbocycles. The van der Waals surface area contributed by atoms with E-state index in [0.717, 1.165) is 0 Å². The standard InChI is InChI=1S/C8H11ClN2O2S/c1-5-2-7(13)11-8(10-5)14-4-6(12)3-9/h2,6,12H,3-4H2,1H3,(H,10,11,13). The molecule has 14 heavy (non-hydrogen) atoms. The highest BCUT2D eigenvalue weighted by molar-refractivity contribution is 7.99. The molecule has 0 fully saturated rings. The fourth-order valence-electron chi connectivity index (χ4n) is 0.840. The maximum Gasteiger partial charge on any atom is 0.251 e. The van der Waals surface area contributed by atoms with Gasteiger partial charge in [0.1, 0.15) is 0 Å². The average molecular weight is 235 g/mol. The number of alkyl halides is 1. The lowest BCUT2D eigenvalue weighted by atomic mass is 10.5. The van der Waals surface area contributed by atoms with Gasteiger partial charge in [-0.25, -0.2) is 4.98 Å². The van der Waals surface area contributed by atoms with Crippen molar-refractivity contribution in [1.82, 2.24) is 9.97 Å². The summed E-state index contributed by atoms with van der Waals surface area (Å²) in [6, 6.07) is 1.42. The van der Waals surface area contributed by atoms with Crippen LogP contribution in [0.15, 0.2) is 16.0 Å². The predicted molar refractivity (Wildman–Crippen MR) is 57.0 cm³/mol. The van der Waals surface area contributed by atoms with Gasteiger partial charge in [-0.1, -0.05) is 11.8 Å². The minimum Gasteiger partial charge on any atom is -0.391 e. The molecule has 0 aliphatic rings. The van der Waals surface area contributed by atoms with E-state index in [2.05, 4.69) is 9.97 Å². The Labute approximate surface area is 90.7 Å². The van der Waals surface area contributed by atoms with E-state index in [1.54, 1.807) is 6.92 Å². The van der Waals surface area contributed by atoms with Crippen LogP contribution in [0.3, 0.4) is 0 Å². The number of hydrogen-bond donors (Lipinski definition) is 2. The van der Waals surface area contributed by atoms with Gasteiger partial charge in [0.25, 0.3) is 5.56 Å². The van der Waals surface area contributed by atoms with E-state index in [4.69, 9.17) is 11.6 Å². The number of hydrogen-bond acceptors (Lipinski definition) is 4. The van der Waals surface area contributed by atoms with Crippen LogP contribution in [0.25, 0.3) is 0 Å². The van der Waals surface area contributed by atoms with Gasteiger partial charge in [0.2, 0.25) is 0 Å². The molecule has 0 radical (unpaired) electrons. The minimum absolute atomic E-state index is 0.180. The summed E-state index contributed by atoms with van der Waals surface area (Å²) in [5.41, 5.74) is 0.483. The van der Waals surface area contributed by atoms with Crippen LogP contribution in [-0.4, -0.2) is 32.8 Å². The Hall–Kier alpha value is -0.520. The largest absolute Gasteiger partial charge is 0.391 e. The maximum atomic E-state index is 11.0. The van der Waals surface area contributed by atoms with E-state index in [-0.39, 0.29) is 11.4 Å². The van der Waals surface area contributed by atoms with Gasteiger partial charge in [0.05, 0.1) is 6.10 Å². The van der Waals surface area contributed by atoms with Gasteiger partial charge in [0, 0.05) is 23.4 Å². The number of aromatic nitrogens is 2. The number of nitrogens with zero attached hydrogens (tertiary/aromatic N) is 1. The second-order valence-electron chi connectivity index (χ2n) is 2.81. The molecule has 1 unspecified atom stereocenters. The number of aliphatic hydroxyl groups excluding tert-OH is 1. The van der Waals surface area contributed by atoms with Crippen LogP contribution in [0.2, 0.25) is 0 Å². The number of H-pyrrole nitrogens is 1. The van der Waals surface area contributed by atoms with Crippen molar-refractivity contribution in [3.8, 4) is 0 Å². The molecule has 0 aliphatic carbocycles. The molecule has 1 aromatic heterocycles. The zero-order chi connectivity index (χ0) is 10.6. The Balaban J connectivity index is 2.63. The zero-order valence-corrected chi connectivity index (χ0v) is 9.23. The van der Waals surface area contributed by atoms with Gasteiger partial charge in [0.15, 0.2) is 5.16 Å². The number of aromatic amines is 1. The van der Waals surface area contributed by atoms with Crippen molar-refractivity contribution in [2.75, 3.05) is 11.6 Å². The highest BCUT2D eigenvalue weighted by Gasteiger charge is 2.05. The Morgan fingerprint density at radius 2 is 2.50 bits per heavy atom. The van der Waals surface area contributed by atoms with Crippen molar-refractivity contribution in [3.63, 3.8) is 0 Å². The molecule has 0 saturated heterocycles. The maximum absolute atomic E-state index is 11.0. The monoisotopic (exact) mass is 234 g/mol. The summed E-state index contributed by atoms with van der Waals surface area (Å²) >= 11 is 6.71. The topological polar surface area (TPSA) is 66.0 Å². The van der Waals surface area contributed by atoms with Crippen molar-refractivity contribution >= 4 is 23.4 Å². The van der Waals surface area contributed by atoms with Crippen molar-refractivity contribution in [3.05, 3.63) is 22.1 Å². The molecule has 0 bridgehead atoms.